The molecule has 28 heavy (non-hydrogen) atoms. The summed E-state index contributed by atoms with van der Waals surface area (Å²) in [5.74, 6) is 1.48. The number of rotatable bonds is 7. The summed E-state index contributed by atoms with van der Waals surface area (Å²) in [5, 5.41) is 1.93. The highest BCUT2D eigenvalue weighted by molar-refractivity contribution is 6.00. The molecule has 0 radical (unpaired) electrons. The van der Waals surface area contributed by atoms with Gasteiger partial charge in [0.1, 0.15) is 24.7 Å². The number of aldehydes is 1. The Morgan fingerprint density at radius 3 is 2.25 bits per heavy atom. The van der Waals surface area contributed by atoms with Gasteiger partial charge in [0.15, 0.2) is 6.29 Å². The van der Waals surface area contributed by atoms with Crippen LogP contribution in [-0.4, -0.2) is 19.5 Å². The Kier molecular flexibility index (Phi) is 6.03. The average Bonchev–Trinajstić information content (AvgIpc) is 2.70. The molecule has 3 rings (SSSR count). The summed E-state index contributed by atoms with van der Waals surface area (Å²) < 4.78 is 11.9. The lowest BCUT2D eigenvalue weighted by Gasteiger charge is -2.24. The Morgan fingerprint density at radius 1 is 0.893 bits per heavy atom. The molecule has 0 aliphatic heterocycles. The molecule has 0 amide bonds. The first kappa shape index (κ1) is 19.9. The summed E-state index contributed by atoms with van der Waals surface area (Å²) >= 11 is 0. The second kappa shape index (κ2) is 8.47. The zero-order chi connectivity index (χ0) is 20.1. The van der Waals surface area contributed by atoms with Crippen LogP contribution in [0, 0.1) is 0 Å². The van der Waals surface area contributed by atoms with Crippen molar-refractivity contribution in [3.8, 4) is 11.5 Å². The highest BCUT2D eigenvalue weighted by Crippen LogP contribution is 2.32. The van der Waals surface area contributed by atoms with Gasteiger partial charge in [0, 0.05) is 0 Å². The molecule has 146 valence electrons. The van der Waals surface area contributed by atoms with Crippen LogP contribution in [-0.2, 0) is 11.8 Å². The number of fused-ring (bicyclic) bond motifs is 1. The third-order valence-corrected chi connectivity index (χ3v) is 4.91. The second-order valence-electron chi connectivity index (χ2n) is 7.95. The van der Waals surface area contributed by atoms with Crippen LogP contribution < -0.4 is 9.47 Å². The summed E-state index contributed by atoms with van der Waals surface area (Å²) in [6.07, 6.45) is 1.86. The van der Waals surface area contributed by atoms with Crippen LogP contribution in [0.2, 0.25) is 0 Å². The molecule has 0 saturated carbocycles. The van der Waals surface area contributed by atoms with Gasteiger partial charge in [-0.1, -0.05) is 70.2 Å². The van der Waals surface area contributed by atoms with Crippen LogP contribution in [0.4, 0.5) is 0 Å². The van der Waals surface area contributed by atoms with E-state index in [0.717, 1.165) is 29.2 Å². The van der Waals surface area contributed by atoms with Gasteiger partial charge in [-0.05, 0) is 45.9 Å². The first-order valence-corrected chi connectivity index (χ1v) is 9.80. The Hall–Kier alpha value is -2.81. The minimum atomic E-state index is 0.00437. The monoisotopic (exact) mass is 376 g/mol. The van der Waals surface area contributed by atoms with Crippen LogP contribution in [0.5, 0.6) is 11.5 Å². The molecule has 3 heteroatoms. The average molecular weight is 376 g/mol. The molecule has 0 N–H and O–H groups in total. The van der Waals surface area contributed by atoms with Gasteiger partial charge in [-0.15, -0.1) is 0 Å². The standard InChI is InChI=1S/C25H28O3/c1-5-18-10-12-24(22(16-18)25(2,3)4)28-15-14-27-23-13-11-19-8-6-7-9-20(19)21(23)17-26/h6-13,16-17H,5,14-15H2,1-4H3. The van der Waals surface area contributed by atoms with E-state index in [9.17, 15) is 4.79 Å². The molecular weight excluding hydrogens is 348 g/mol. The molecule has 0 fully saturated rings. The van der Waals surface area contributed by atoms with Gasteiger partial charge in [-0.25, -0.2) is 0 Å². The number of ether oxygens (including phenoxy) is 2. The minimum Gasteiger partial charge on any atom is -0.490 e. The molecule has 0 aliphatic rings. The Labute approximate surface area is 167 Å². The fourth-order valence-corrected chi connectivity index (χ4v) is 3.34. The lowest BCUT2D eigenvalue weighted by atomic mass is 9.85. The Bertz CT molecular complexity index is 967. The number of carbonyl (C=O) groups excluding carboxylic acids is 1. The van der Waals surface area contributed by atoms with Gasteiger partial charge in [-0.3, -0.25) is 4.79 Å². The van der Waals surface area contributed by atoms with Gasteiger partial charge in [0.2, 0.25) is 0 Å². The topological polar surface area (TPSA) is 35.5 Å². The molecule has 0 unspecified atom stereocenters. The van der Waals surface area contributed by atoms with Crippen molar-refractivity contribution >= 4 is 17.1 Å². The third kappa shape index (κ3) is 4.36. The van der Waals surface area contributed by atoms with Crippen molar-refractivity contribution in [2.24, 2.45) is 0 Å². The van der Waals surface area contributed by atoms with Gasteiger partial charge >= 0.3 is 0 Å². The summed E-state index contributed by atoms with van der Waals surface area (Å²) in [4.78, 5) is 11.6. The third-order valence-electron chi connectivity index (χ3n) is 4.91. The first-order chi connectivity index (χ1) is 13.4. The summed E-state index contributed by atoms with van der Waals surface area (Å²) in [6.45, 7) is 9.52. The normalized spacial score (nSPS) is 11.4. The molecule has 0 heterocycles. The molecular formula is C25H28O3. The maximum Gasteiger partial charge on any atom is 0.154 e. The molecule has 0 aliphatic carbocycles. The van der Waals surface area contributed by atoms with E-state index in [4.69, 9.17) is 9.47 Å². The van der Waals surface area contributed by atoms with Crippen molar-refractivity contribution < 1.29 is 14.3 Å². The number of hydrogen-bond acceptors (Lipinski definition) is 3. The van der Waals surface area contributed by atoms with Gasteiger partial charge < -0.3 is 9.47 Å². The molecule has 3 aromatic carbocycles. The maximum atomic E-state index is 11.6. The van der Waals surface area contributed by atoms with Crippen molar-refractivity contribution in [1.82, 2.24) is 0 Å². The van der Waals surface area contributed by atoms with E-state index < -0.39 is 0 Å². The molecule has 0 aromatic heterocycles. The molecule has 3 aromatic rings. The van der Waals surface area contributed by atoms with Crippen molar-refractivity contribution in [2.75, 3.05) is 13.2 Å². The zero-order valence-corrected chi connectivity index (χ0v) is 17.1. The number of aryl methyl sites for hydroxylation is 1. The quantitative estimate of drug-likeness (QED) is 0.376. The van der Waals surface area contributed by atoms with Crippen molar-refractivity contribution in [3.63, 3.8) is 0 Å². The Balaban J connectivity index is 1.70. The summed E-state index contributed by atoms with van der Waals surface area (Å²) in [7, 11) is 0. The number of hydrogen-bond donors (Lipinski definition) is 0. The summed E-state index contributed by atoms with van der Waals surface area (Å²) in [5.41, 5.74) is 3.09. The second-order valence-corrected chi connectivity index (χ2v) is 7.95. The van der Waals surface area contributed by atoms with E-state index in [1.807, 2.05) is 42.5 Å². The molecule has 0 spiro atoms. The van der Waals surface area contributed by atoms with Crippen molar-refractivity contribution in [1.29, 1.82) is 0 Å². The van der Waals surface area contributed by atoms with E-state index in [-0.39, 0.29) is 5.41 Å². The van der Waals surface area contributed by atoms with Crippen molar-refractivity contribution in [3.05, 3.63) is 71.3 Å². The van der Waals surface area contributed by atoms with Crippen LogP contribution in [0.25, 0.3) is 10.8 Å². The predicted molar refractivity (Wildman–Crippen MR) is 115 cm³/mol. The maximum absolute atomic E-state index is 11.6. The summed E-state index contributed by atoms with van der Waals surface area (Å²) in [6, 6.07) is 18.0. The van der Waals surface area contributed by atoms with E-state index in [1.54, 1.807) is 0 Å². The molecule has 0 saturated heterocycles. The zero-order valence-electron chi connectivity index (χ0n) is 17.1. The number of benzene rings is 3. The fourth-order valence-electron chi connectivity index (χ4n) is 3.34. The van der Waals surface area contributed by atoms with Crippen LogP contribution in [0.3, 0.4) is 0 Å². The lowest BCUT2D eigenvalue weighted by Crippen LogP contribution is -2.16. The highest BCUT2D eigenvalue weighted by atomic mass is 16.5. The fraction of sp³-hybridized carbons (Fsp3) is 0.320. The van der Waals surface area contributed by atoms with Crippen LogP contribution >= 0.6 is 0 Å². The van der Waals surface area contributed by atoms with Crippen molar-refractivity contribution in [2.45, 2.75) is 39.5 Å². The molecule has 0 atom stereocenters. The van der Waals surface area contributed by atoms with E-state index in [1.165, 1.54) is 11.1 Å². The predicted octanol–water partition coefficient (Wildman–Crippen LogP) is 5.97. The molecule has 0 bridgehead atoms. The van der Waals surface area contributed by atoms with Gasteiger partial charge in [0.25, 0.3) is 0 Å². The van der Waals surface area contributed by atoms with E-state index in [2.05, 4.69) is 39.8 Å². The number of carbonyl (C=O) groups is 1. The largest absolute Gasteiger partial charge is 0.490 e. The van der Waals surface area contributed by atoms with E-state index >= 15 is 0 Å². The van der Waals surface area contributed by atoms with Crippen LogP contribution in [0.15, 0.2) is 54.6 Å². The van der Waals surface area contributed by atoms with E-state index in [0.29, 0.717) is 24.5 Å². The van der Waals surface area contributed by atoms with Crippen LogP contribution in [0.1, 0.15) is 49.2 Å². The van der Waals surface area contributed by atoms with Gasteiger partial charge in [0.05, 0.1) is 5.56 Å². The minimum absolute atomic E-state index is 0.00437. The first-order valence-electron chi connectivity index (χ1n) is 9.80. The smallest absolute Gasteiger partial charge is 0.154 e. The lowest BCUT2D eigenvalue weighted by molar-refractivity contribution is 0.111. The van der Waals surface area contributed by atoms with Gasteiger partial charge in [-0.2, -0.15) is 0 Å². The molecule has 3 nitrogen and oxygen atoms in total. The highest BCUT2D eigenvalue weighted by Gasteiger charge is 2.19. The Morgan fingerprint density at radius 2 is 1.57 bits per heavy atom. The SMILES string of the molecule is CCc1ccc(OCCOc2ccc3ccccc3c2C=O)c(C(C)(C)C)c1.